The lowest BCUT2D eigenvalue weighted by atomic mass is 10.3. The van der Waals surface area contributed by atoms with Crippen LogP contribution in [0.3, 0.4) is 0 Å². The second-order valence-corrected chi connectivity index (χ2v) is 4.60. The predicted molar refractivity (Wildman–Crippen MR) is 102 cm³/mol. The van der Waals surface area contributed by atoms with E-state index in [1.807, 2.05) is 39.3 Å². The van der Waals surface area contributed by atoms with Crippen LogP contribution in [0, 0.1) is 6.92 Å². The molecule has 0 fully saturated rings. The maximum Gasteiger partial charge on any atom is 0.268 e. The minimum atomic E-state index is 0.298. The summed E-state index contributed by atoms with van der Waals surface area (Å²) in [6.07, 6.45) is 0.997. The summed E-state index contributed by atoms with van der Waals surface area (Å²) in [5.74, 6) is 1.11. The quantitative estimate of drug-likeness (QED) is 0.710. The molecule has 0 saturated carbocycles. The summed E-state index contributed by atoms with van der Waals surface area (Å²) in [5, 5.41) is 7.50. The Morgan fingerprint density at radius 2 is 1.82 bits per heavy atom. The second-order valence-electron chi connectivity index (χ2n) is 4.16. The van der Waals surface area contributed by atoms with Crippen LogP contribution in [0.15, 0.2) is 0 Å². The average molecular weight is 421 g/mol. The van der Waals surface area contributed by atoms with Crippen molar-refractivity contribution in [1.82, 2.24) is 19.7 Å². The highest BCUT2D eigenvalue weighted by Gasteiger charge is 2.17. The van der Waals surface area contributed by atoms with E-state index >= 15 is 0 Å². The Hall–Kier alpha value is -1.12. The lowest BCUT2D eigenvalue weighted by Crippen LogP contribution is -2.07. The van der Waals surface area contributed by atoms with Gasteiger partial charge in [-0.25, -0.2) is 14.6 Å². The number of rotatable bonds is 4. The highest BCUT2D eigenvalue weighted by molar-refractivity contribution is 14.1. The molecule has 0 aliphatic carbocycles. The van der Waals surface area contributed by atoms with E-state index < -0.39 is 0 Å². The lowest BCUT2D eigenvalue weighted by molar-refractivity contribution is 0.487. The zero-order valence-corrected chi connectivity index (χ0v) is 17.0. The maximum atomic E-state index is 5.19. The van der Waals surface area contributed by atoms with Crippen LogP contribution >= 0.6 is 23.0 Å². The van der Waals surface area contributed by atoms with Crippen molar-refractivity contribution in [2.45, 2.75) is 60.9 Å². The Morgan fingerprint density at radius 1 is 1.23 bits per heavy atom. The molecule has 0 spiro atoms. The summed E-state index contributed by atoms with van der Waals surface area (Å²) >= 11 is 1.80. The van der Waals surface area contributed by atoms with E-state index in [1.165, 1.54) is 0 Å². The second kappa shape index (κ2) is 10.6. The van der Waals surface area contributed by atoms with Crippen LogP contribution in [-0.4, -0.2) is 26.8 Å². The standard InChI is InChI=1S/C11H16IN5O.2C2H6/c1-5-6(2)17-10-8(7(3)16-17)14-11(18-12)9(13-4)15-10;2*1-2/h6H,5H2,1-4H3,(H,13,15);2*1-2H3. The summed E-state index contributed by atoms with van der Waals surface area (Å²) in [4.78, 5) is 9.01. The molecule has 126 valence electrons. The Kier molecular flexibility index (Phi) is 10.0. The fourth-order valence-corrected chi connectivity index (χ4v) is 2.07. The van der Waals surface area contributed by atoms with Crippen molar-refractivity contribution in [3.05, 3.63) is 5.69 Å². The van der Waals surface area contributed by atoms with E-state index in [9.17, 15) is 0 Å². The van der Waals surface area contributed by atoms with Crippen LogP contribution in [-0.2, 0) is 0 Å². The van der Waals surface area contributed by atoms with E-state index in [0.29, 0.717) is 17.7 Å². The molecule has 0 aromatic carbocycles. The number of nitrogens with one attached hydrogen (secondary N) is 1. The first-order chi connectivity index (χ1) is 10.6. The predicted octanol–water partition coefficient (Wildman–Crippen LogP) is 4.93. The maximum absolute atomic E-state index is 5.19. The first-order valence-electron chi connectivity index (χ1n) is 7.85. The molecular formula is C15H28IN5O. The fraction of sp³-hybridized carbons (Fsp3) is 0.667. The minimum absolute atomic E-state index is 0.298. The van der Waals surface area contributed by atoms with Gasteiger partial charge in [0.2, 0.25) is 0 Å². The van der Waals surface area contributed by atoms with E-state index in [2.05, 4.69) is 34.2 Å². The van der Waals surface area contributed by atoms with Gasteiger partial charge in [0, 0.05) is 7.05 Å². The van der Waals surface area contributed by atoms with Gasteiger partial charge in [-0.1, -0.05) is 34.6 Å². The van der Waals surface area contributed by atoms with Crippen LogP contribution in [0.1, 0.15) is 59.7 Å². The third kappa shape index (κ3) is 4.44. The van der Waals surface area contributed by atoms with E-state index in [-0.39, 0.29) is 0 Å². The van der Waals surface area contributed by atoms with Gasteiger partial charge in [-0.15, -0.1) is 0 Å². The smallest absolute Gasteiger partial charge is 0.268 e. The monoisotopic (exact) mass is 421 g/mol. The van der Waals surface area contributed by atoms with Crippen LogP contribution in [0.4, 0.5) is 5.82 Å². The van der Waals surface area contributed by atoms with Crippen molar-refractivity contribution in [3.63, 3.8) is 0 Å². The Labute approximate surface area is 147 Å². The molecule has 6 nitrogen and oxygen atoms in total. The summed E-state index contributed by atoms with van der Waals surface area (Å²) in [6.45, 7) is 14.2. The van der Waals surface area contributed by atoms with Gasteiger partial charge in [0.05, 0.1) is 11.7 Å². The first kappa shape index (κ1) is 20.9. The molecule has 0 aliphatic heterocycles. The third-order valence-corrected chi connectivity index (χ3v) is 3.40. The van der Waals surface area contributed by atoms with Crippen LogP contribution in [0.5, 0.6) is 5.88 Å². The molecule has 2 aromatic heterocycles. The van der Waals surface area contributed by atoms with Crippen molar-refractivity contribution < 1.29 is 3.07 Å². The lowest BCUT2D eigenvalue weighted by Gasteiger charge is -2.10. The highest BCUT2D eigenvalue weighted by atomic mass is 127. The fourth-order valence-electron chi connectivity index (χ4n) is 1.77. The average Bonchev–Trinajstić information content (AvgIpc) is 2.92. The molecule has 2 heterocycles. The normalized spacial score (nSPS) is 11.0. The zero-order valence-electron chi connectivity index (χ0n) is 14.9. The van der Waals surface area contributed by atoms with Gasteiger partial charge in [0.1, 0.15) is 5.52 Å². The Bertz CT molecular complexity index is 571. The minimum Gasteiger partial charge on any atom is -0.404 e. The topological polar surface area (TPSA) is 64.9 Å². The van der Waals surface area contributed by atoms with Crippen molar-refractivity contribution in [3.8, 4) is 5.88 Å². The molecule has 7 heteroatoms. The summed E-state index contributed by atoms with van der Waals surface area (Å²) in [7, 11) is 1.80. The van der Waals surface area contributed by atoms with E-state index in [4.69, 9.17) is 3.07 Å². The number of hydrogen-bond acceptors (Lipinski definition) is 5. The summed E-state index contributed by atoms with van der Waals surface area (Å²) < 4.78 is 7.12. The van der Waals surface area contributed by atoms with Crippen molar-refractivity contribution >= 4 is 40.0 Å². The van der Waals surface area contributed by atoms with Gasteiger partial charge in [-0.2, -0.15) is 5.10 Å². The van der Waals surface area contributed by atoms with Crippen molar-refractivity contribution in [2.24, 2.45) is 0 Å². The van der Waals surface area contributed by atoms with Gasteiger partial charge in [-0.05, 0) is 20.3 Å². The van der Waals surface area contributed by atoms with Crippen LogP contribution < -0.4 is 8.38 Å². The van der Waals surface area contributed by atoms with Gasteiger partial charge in [0.25, 0.3) is 5.88 Å². The molecule has 22 heavy (non-hydrogen) atoms. The summed E-state index contributed by atoms with van der Waals surface area (Å²) in [5.41, 5.74) is 2.46. The van der Waals surface area contributed by atoms with Crippen molar-refractivity contribution in [2.75, 3.05) is 12.4 Å². The third-order valence-electron chi connectivity index (χ3n) is 2.98. The molecule has 0 saturated heterocycles. The van der Waals surface area contributed by atoms with Gasteiger partial charge in [-0.3, -0.25) is 0 Å². The molecule has 0 bridgehead atoms. The highest BCUT2D eigenvalue weighted by Crippen LogP contribution is 2.27. The first-order valence-corrected chi connectivity index (χ1v) is 8.73. The summed E-state index contributed by atoms with van der Waals surface area (Å²) in [6, 6.07) is 0.298. The largest absolute Gasteiger partial charge is 0.404 e. The van der Waals surface area contributed by atoms with E-state index in [0.717, 1.165) is 23.3 Å². The van der Waals surface area contributed by atoms with Gasteiger partial charge < -0.3 is 8.38 Å². The molecule has 0 aliphatic rings. The molecule has 2 rings (SSSR count). The number of nitrogens with zero attached hydrogens (tertiary/aromatic N) is 4. The molecule has 1 N–H and O–H groups in total. The number of aromatic nitrogens is 4. The number of halogens is 1. The zero-order chi connectivity index (χ0) is 17.3. The van der Waals surface area contributed by atoms with Crippen molar-refractivity contribution in [1.29, 1.82) is 0 Å². The number of hydrogen-bond donors (Lipinski definition) is 1. The van der Waals surface area contributed by atoms with Gasteiger partial charge >= 0.3 is 0 Å². The SMILES string of the molecule is CC.CC.CCC(C)n1nc(C)c2nc(OI)c(NC)nc21. The van der Waals surface area contributed by atoms with Crippen LogP contribution in [0.25, 0.3) is 11.2 Å². The molecule has 2 aromatic rings. The van der Waals surface area contributed by atoms with Gasteiger partial charge in [0.15, 0.2) is 34.5 Å². The van der Waals surface area contributed by atoms with E-state index in [1.54, 1.807) is 30.1 Å². The number of aryl methyl sites for hydroxylation is 1. The molecule has 0 amide bonds. The molecular weight excluding hydrogens is 393 g/mol. The molecule has 0 radical (unpaired) electrons. The molecule has 1 unspecified atom stereocenters. The number of anilines is 1. The van der Waals surface area contributed by atoms with Crippen LogP contribution in [0.2, 0.25) is 0 Å². The molecule has 1 atom stereocenters. The number of fused-ring (bicyclic) bond motifs is 1. The Balaban J connectivity index is 0.00000102. The Morgan fingerprint density at radius 3 is 2.27 bits per heavy atom.